The molecule has 5 heterocycles. The minimum Gasteiger partial charge on any atom is -0.495 e. The molecule has 41 heavy (non-hydrogen) atoms. The van der Waals surface area contributed by atoms with Crippen LogP contribution in [-0.4, -0.2) is 85.0 Å². The lowest BCUT2D eigenvalue weighted by molar-refractivity contribution is -0.140. The van der Waals surface area contributed by atoms with Crippen LogP contribution in [0.2, 0.25) is 0 Å². The highest BCUT2D eigenvalue weighted by molar-refractivity contribution is 6.02. The maximum atomic E-state index is 15.0. The van der Waals surface area contributed by atoms with E-state index in [1.165, 1.54) is 20.4 Å². The average molecular weight is 570 g/mol. The Labute approximate surface area is 238 Å². The number of halogens is 2. The number of alkyl halides is 2. The second kappa shape index (κ2) is 11.0. The Morgan fingerprint density at radius 2 is 1.88 bits per heavy atom. The monoisotopic (exact) mass is 569 g/mol. The molecule has 3 saturated heterocycles. The lowest BCUT2D eigenvalue weighted by Crippen LogP contribution is -2.57. The van der Waals surface area contributed by atoms with E-state index in [-0.39, 0.29) is 29.6 Å². The topological polar surface area (TPSA) is 103 Å². The van der Waals surface area contributed by atoms with Gasteiger partial charge in [0.1, 0.15) is 11.4 Å². The molecule has 1 aromatic heterocycles. The number of anilines is 4. The number of carbonyl (C=O) groups is 2. The zero-order chi connectivity index (χ0) is 28.7. The molecule has 4 aliphatic heterocycles. The summed E-state index contributed by atoms with van der Waals surface area (Å²) in [6.45, 7) is 2.36. The SMILES string of the molecule is COc1cc(C(=O)NC2CN3CCC2CC3)ccc1Nc1ncc2c(n1)N(C1CCCCC1)CC(F)(F)C(=O)N2C. The third kappa shape index (κ3) is 5.41. The summed E-state index contributed by atoms with van der Waals surface area (Å²) >= 11 is 0. The number of nitrogens with one attached hydrogen (secondary N) is 2. The number of rotatable bonds is 6. The van der Waals surface area contributed by atoms with Gasteiger partial charge >= 0.3 is 5.92 Å². The summed E-state index contributed by atoms with van der Waals surface area (Å²) in [4.78, 5) is 39.6. The van der Waals surface area contributed by atoms with Crippen molar-refractivity contribution < 1.29 is 23.1 Å². The number of methoxy groups -OCH3 is 1. The summed E-state index contributed by atoms with van der Waals surface area (Å²) in [5.41, 5.74) is 1.26. The molecular formula is C29H37F2N7O3. The van der Waals surface area contributed by atoms with Crippen molar-refractivity contribution in [2.45, 2.75) is 63.0 Å². The van der Waals surface area contributed by atoms with Crippen molar-refractivity contribution in [1.82, 2.24) is 20.2 Å². The van der Waals surface area contributed by atoms with Crippen LogP contribution in [0, 0.1) is 5.92 Å². The summed E-state index contributed by atoms with van der Waals surface area (Å²) in [6.07, 6.45) is 8.10. The van der Waals surface area contributed by atoms with E-state index in [0.717, 1.165) is 69.5 Å². The second-order valence-corrected chi connectivity index (χ2v) is 11.6. The molecule has 5 aliphatic rings. The zero-order valence-corrected chi connectivity index (χ0v) is 23.5. The Bertz CT molecular complexity index is 1310. The van der Waals surface area contributed by atoms with Gasteiger partial charge in [-0.05, 0) is 62.9 Å². The Balaban J connectivity index is 1.25. The van der Waals surface area contributed by atoms with Crippen molar-refractivity contribution in [3.05, 3.63) is 30.0 Å². The number of aromatic nitrogens is 2. The Kier molecular flexibility index (Phi) is 7.43. The van der Waals surface area contributed by atoms with Gasteiger partial charge in [0, 0.05) is 31.2 Å². The third-order valence-electron chi connectivity index (χ3n) is 9.07. The Hall–Kier alpha value is -3.54. The first-order valence-corrected chi connectivity index (χ1v) is 14.5. The van der Waals surface area contributed by atoms with Gasteiger partial charge in [0.2, 0.25) is 5.95 Å². The second-order valence-electron chi connectivity index (χ2n) is 11.6. The van der Waals surface area contributed by atoms with Crippen molar-refractivity contribution in [3.63, 3.8) is 0 Å². The highest BCUT2D eigenvalue weighted by Crippen LogP contribution is 2.40. The average Bonchev–Trinajstić information content (AvgIpc) is 3.07. The van der Waals surface area contributed by atoms with Crippen LogP contribution in [-0.2, 0) is 4.79 Å². The van der Waals surface area contributed by atoms with E-state index in [4.69, 9.17) is 4.74 Å². The number of ether oxygens (including phenoxy) is 1. The molecule has 1 unspecified atom stereocenters. The van der Waals surface area contributed by atoms with Crippen molar-refractivity contribution >= 4 is 35.0 Å². The molecule has 2 bridgehead atoms. The first kappa shape index (κ1) is 27.6. The molecule has 0 radical (unpaired) electrons. The third-order valence-corrected chi connectivity index (χ3v) is 9.07. The smallest absolute Gasteiger partial charge is 0.342 e. The van der Waals surface area contributed by atoms with Crippen molar-refractivity contribution in [2.24, 2.45) is 5.92 Å². The predicted octanol–water partition coefficient (Wildman–Crippen LogP) is 3.80. The number of hydrogen-bond donors (Lipinski definition) is 2. The molecule has 1 aliphatic carbocycles. The van der Waals surface area contributed by atoms with E-state index in [2.05, 4.69) is 25.5 Å². The summed E-state index contributed by atoms with van der Waals surface area (Å²) in [6, 6.07) is 5.11. The van der Waals surface area contributed by atoms with Gasteiger partial charge in [-0.2, -0.15) is 13.8 Å². The molecule has 2 N–H and O–H groups in total. The van der Waals surface area contributed by atoms with Crippen LogP contribution in [0.25, 0.3) is 0 Å². The Morgan fingerprint density at radius 3 is 2.56 bits per heavy atom. The van der Waals surface area contributed by atoms with Gasteiger partial charge in [-0.15, -0.1) is 0 Å². The minimum absolute atomic E-state index is 0.140. The van der Waals surface area contributed by atoms with Gasteiger partial charge in [0.05, 0.1) is 25.5 Å². The van der Waals surface area contributed by atoms with Gasteiger partial charge in [-0.3, -0.25) is 9.59 Å². The molecule has 10 nitrogen and oxygen atoms in total. The maximum absolute atomic E-state index is 15.0. The van der Waals surface area contributed by atoms with Crippen LogP contribution >= 0.6 is 0 Å². The van der Waals surface area contributed by atoms with Crippen LogP contribution in [0.15, 0.2) is 24.4 Å². The molecule has 2 aromatic rings. The van der Waals surface area contributed by atoms with Crippen molar-refractivity contribution in [1.29, 1.82) is 0 Å². The summed E-state index contributed by atoms with van der Waals surface area (Å²) in [5, 5.41) is 6.33. The van der Waals surface area contributed by atoms with E-state index in [1.54, 1.807) is 23.1 Å². The van der Waals surface area contributed by atoms with Crippen LogP contribution < -0.4 is 25.2 Å². The first-order chi connectivity index (χ1) is 19.7. The van der Waals surface area contributed by atoms with Gasteiger partial charge in [-0.1, -0.05) is 19.3 Å². The molecule has 7 rings (SSSR count). The summed E-state index contributed by atoms with van der Waals surface area (Å²) in [7, 11) is 2.85. The fraction of sp³-hybridized carbons (Fsp3) is 0.586. The summed E-state index contributed by atoms with van der Waals surface area (Å²) in [5.74, 6) is -3.54. The van der Waals surface area contributed by atoms with E-state index < -0.39 is 18.4 Å². The molecule has 2 amide bonds. The van der Waals surface area contributed by atoms with Crippen LogP contribution in [0.5, 0.6) is 5.75 Å². The number of carbonyl (C=O) groups excluding carboxylic acids is 2. The molecule has 1 saturated carbocycles. The van der Waals surface area contributed by atoms with E-state index in [9.17, 15) is 18.4 Å². The normalized spacial score (nSPS) is 25.9. The van der Waals surface area contributed by atoms with Crippen molar-refractivity contribution in [3.8, 4) is 5.75 Å². The van der Waals surface area contributed by atoms with Crippen LogP contribution in [0.1, 0.15) is 55.3 Å². The van der Waals surface area contributed by atoms with Gasteiger partial charge in [0.25, 0.3) is 11.8 Å². The Morgan fingerprint density at radius 1 is 1.12 bits per heavy atom. The quantitative estimate of drug-likeness (QED) is 0.542. The number of amides is 2. The van der Waals surface area contributed by atoms with Gasteiger partial charge in [0.15, 0.2) is 5.82 Å². The standard InChI is InChI=1S/C29H37F2N7O3/c1-36-23-15-32-28(35-25(23)38(17-29(30,31)27(36)40)20-6-4-3-5-7-20)34-21-9-8-19(14-24(21)41-2)26(39)33-22-16-37-12-10-18(22)11-13-37/h8-9,14-15,18,20,22H,3-7,10-13,16-17H2,1-2H3,(H,33,39)(H,32,34,35). The number of hydrogen-bond acceptors (Lipinski definition) is 8. The summed E-state index contributed by atoms with van der Waals surface area (Å²) < 4.78 is 35.5. The number of fused-ring (bicyclic) bond motifs is 4. The molecule has 1 aromatic carbocycles. The highest BCUT2D eigenvalue weighted by Gasteiger charge is 2.48. The maximum Gasteiger partial charge on any atom is 0.342 e. The number of benzene rings is 1. The van der Waals surface area contributed by atoms with Crippen LogP contribution in [0.3, 0.4) is 0 Å². The van der Waals surface area contributed by atoms with E-state index in [0.29, 0.717) is 28.7 Å². The number of piperidine rings is 3. The fourth-order valence-corrected chi connectivity index (χ4v) is 6.72. The van der Waals surface area contributed by atoms with Crippen molar-refractivity contribution in [2.75, 3.05) is 55.5 Å². The van der Waals surface area contributed by atoms with Gasteiger partial charge in [-0.25, -0.2) is 4.98 Å². The van der Waals surface area contributed by atoms with Gasteiger partial charge < -0.3 is 30.1 Å². The zero-order valence-electron chi connectivity index (χ0n) is 23.5. The molecule has 1 atom stereocenters. The molecule has 0 spiro atoms. The van der Waals surface area contributed by atoms with Crippen LogP contribution in [0.4, 0.5) is 31.9 Å². The number of nitrogens with zero attached hydrogens (tertiary/aromatic N) is 5. The molecule has 12 heteroatoms. The first-order valence-electron chi connectivity index (χ1n) is 14.5. The lowest BCUT2D eigenvalue weighted by Gasteiger charge is -2.44. The molecule has 220 valence electrons. The lowest BCUT2D eigenvalue weighted by atomic mass is 9.84. The largest absolute Gasteiger partial charge is 0.495 e. The van der Waals surface area contributed by atoms with E-state index >= 15 is 0 Å². The minimum atomic E-state index is -3.55. The highest BCUT2D eigenvalue weighted by atomic mass is 19.3. The molecule has 4 fully saturated rings. The van der Waals surface area contributed by atoms with E-state index in [1.807, 2.05) is 0 Å². The fourth-order valence-electron chi connectivity index (χ4n) is 6.72. The predicted molar refractivity (Wildman–Crippen MR) is 151 cm³/mol. The molecular weight excluding hydrogens is 532 g/mol.